The van der Waals surface area contributed by atoms with E-state index >= 15 is 0 Å². The van der Waals surface area contributed by atoms with Crippen LogP contribution < -0.4 is 0 Å². The van der Waals surface area contributed by atoms with Crippen molar-refractivity contribution in [3.8, 4) is 0 Å². The Kier molecular flexibility index (Phi) is 2.92. The Morgan fingerprint density at radius 1 is 1.29 bits per heavy atom. The van der Waals surface area contributed by atoms with Crippen molar-refractivity contribution in [3.63, 3.8) is 0 Å². The molecule has 0 aliphatic carbocycles. The van der Waals surface area contributed by atoms with Gasteiger partial charge < -0.3 is 0 Å². The van der Waals surface area contributed by atoms with E-state index in [0.29, 0.717) is 0 Å². The highest BCUT2D eigenvalue weighted by Crippen LogP contribution is 2.07. The third-order valence-corrected chi connectivity index (χ3v) is 3.10. The summed E-state index contributed by atoms with van der Waals surface area (Å²) in [7, 11) is -0.789. The molecule has 0 aromatic rings. The second kappa shape index (κ2) is 2.73. The van der Waals surface area contributed by atoms with Crippen molar-refractivity contribution in [2.24, 2.45) is 0 Å². The first kappa shape index (κ1) is 7.51. The quantitative estimate of drug-likeness (QED) is 0.405. The molecule has 0 aromatic heterocycles. The summed E-state index contributed by atoms with van der Waals surface area (Å²) < 4.78 is 0. The molecule has 0 saturated heterocycles. The van der Waals surface area contributed by atoms with Crippen molar-refractivity contribution >= 4 is 19.7 Å². The Bertz CT molecular complexity index is 46.5. The molecule has 0 spiro atoms. The maximum Gasteiger partial charge on any atom is 0.0454 e. The van der Waals surface area contributed by atoms with Crippen LogP contribution in [0, 0.1) is 0 Å². The minimum Gasteiger partial charge on any atom is -0.127 e. The van der Waals surface area contributed by atoms with Gasteiger partial charge in [-0.25, -0.2) is 0 Å². The SMILES string of the molecule is C[Si](C)(C)CCCl. The van der Waals surface area contributed by atoms with Gasteiger partial charge in [-0.3, -0.25) is 0 Å². The molecular weight excluding hydrogens is 124 g/mol. The van der Waals surface area contributed by atoms with Gasteiger partial charge in [0.2, 0.25) is 0 Å². The molecular formula is C5H13ClSi. The monoisotopic (exact) mass is 136 g/mol. The number of halogens is 1. The molecule has 0 rings (SSSR count). The topological polar surface area (TPSA) is 0 Å². The molecule has 0 aromatic carbocycles. The molecule has 0 amide bonds. The van der Waals surface area contributed by atoms with Crippen molar-refractivity contribution in [2.45, 2.75) is 25.7 Å². The number of alkyl halides is 1. The molecule has 0 aliphatic rings. The first-order valence-corrected chi connectivity index (χ1v) is 6.86. The van der Waals surface area contributed by atoms with Crippen molar-refractivity contribution in [2.75, 3.05) is 5.88 Å². The molecule has 0 N–H and O–H groups in total. The maximum absolute atomic E-state index is 5.52. The molecule has 0 heterocycles. The molecule has 0 saturated carbocycles. The normalized spacial score (nSPS) is 12.0. The summed E-state index contributed by atoms with van der Waals surface area (Å²) in [6.45, 7) is 6.99. The van der Waals surface area contributed by atoms with E-state index in [4.69, 9.17) is 11.6 Å². The Labute approximate surface area is 51.9 Å². The van der Waals surface area contributed by atoms with E-state index in [1.165, 1.54) is 6.04 Å². The van der Waals surface area contributed by atoms with E-state index in [0.717, 1.165) is 5.88 Å². The van der Waals surface area contributed by atoms with E-state index in [1.54, 1.807) is 0 Å². The van der Waals surface area contributed by atoms with Gasteiger partial charge in [0.05, 0.1) is 0 Å². The van der Waals surface area contributed by atoms with Crippen molar-refractivity contribution < 1.29 is 0 Å². The van der Waals surface area contributed by atoms with E-state index in [-0.39, 0.29) is 0 Å². The average molecular weight is 137 g/mol. The first-order valence-electron chi connectivity index (χ1n) is 2.62. The van der Waals surface area contributed by atoms with Crippen molar-refractivity contribution in [1.29, 1.82) is 0 Å². The molecule has 7 heavy (non-hydrogen) atoms. The van der Waals surface area contributed by atoms with Crippen LogP contribution in [0.1, 0.15) is 0 Å². The Morgan fingerprint density at radius 2 is 1.71 bits per heavy atom. The van der Waals surface area contributed by atoms with Gasteiger partial charge >= 0.3 is 0 Å². The van der Waals surface area contributed by atoms with Crippen LogP contribution in [0.3, 0.4) is 0 Å². The molecule has 0 atom stereocenters. The fraction of sp³-hybridized carbons (Fsp3) is 1.00. The zero-order chi connectivity index (χ0) is 5.91. The lowest BCUT2D eigenvalue weighted by Crippen LogP contribution is -2.19. The first-order chi connectivity index (χ1) is 3.06. The van der Waals surface area contributed by atoms with Crippen LogP contribution in [0.5, 0.6) is 0 Å². The van der Waals surface area contributed by atoms with Crippen LogP contribution >= 0.6 is 11.6 Å². The van der Waals surface area contributed by atoms with E-state index in [1.807, 2.05) is 0 Å². The van der Waals surface area contributed by atoms with Gasteiger partial charge in [-0.2, -0.15) is 0 Å². The van der Waals surface area contributed by atoms with E-state index in [2.05, 4.69) is 19.6 Å². The number of rotatable bonds is 2. The van der Waals surface area contributed by atoms with Crippen LogP contribution in [0.2, 0.25) is 25.7 Å². The molecule has 0 bridgehead atoms. The predicted octanol–water partition coefficient (Wildman–Crippen LogP) is 2.56. The molecule has 0 radical (unpaired) electrons. The summed E-state index contributed by atoms with van der Waals surface area (Å²) >= 11 is 5.52. The van der Waals surface area contributed by atoms with Gasteiger partial charge in [0.25, 0.3) is 0 Å². The number of hydrogen-bond acceptors (Lipinski definition) is 0. The summed E-state index contributed by atoms with van der Waals surface area (Å²) in [5.41, 5.74) is 0. The largest absolute Gasteiger partial charge is 0.127 e. The standard InChI is InChI=1S/C5H13ClSi/c1-7(2,3)5-4-6/h4-5H2,1-3H3. The fourth-order valence-electron chi connectivity index (χ4n) is 0.283. The second-order valence-electron chi connectivity index (χ2n) is 3.00. The summed E-state index contributed by atoms with van der Waals surface area (Å²) in [6, 6.07) is 1.24. The predicted molar refractivity (Wildman–Crippen MR) is 38.9 cm³/mol. The highest BCUT2D eigenvalue weighted by Gasteiger charge is 2.09. The van der Waals surface area contributed by atoms with Crippen LogP contribution in [-0.4, -0.2) is 14.0 Å². The van der Waals surface area contributed by atoms with Gasteiger partial charge in [0.1, 0.15) is 0 Å². The van der Waals surface area contributed by atoms with Crippen LogP contribution in [0.4, 0.5) is 0 Å². The van der Waals surface area contributed by atoms with Gasteiger partial charge in [0.15, 0.2) is 0 Å². The lowest BCUT2D eigenvalue weighted by molar-refractivity contribution is 1.37. The van der Waals surface area contributed by atoms with Crippen molar-refractivity contribution in [3.05, 3.63) is 0 Å². The van der Waals surface area contributed by atoms with Gasteiger partial charge in [-0.15, -0.1) is 11.6 Å². The minimum atomic E-state index is -0.789. The van der Waals surface area contributed by atoms with Gasteiger partial charge in [-0.05, 0) is 6.04 Å². The highest BCUT2D eigenvalue weighted by molar-refractivity contribution is 6.76. The Balaban J connectivity index is 3.15. The van der Waals surface area contributed by atoms with Gasteiger partial charge in [0, 0.05) is 14.0 Å². The molecule has 0 nitrogen and oxygen atoms in total. The van der Waals surface area contributed by atoms with E-state index < -0.39 is 8.07 Å². The molecule has 2 heteroatoms. The Hall–Kier alpha value is 0.507. The van der Waals surface area contributed by atoms with E-state index in [9.17, 15) is 0 Å². The van der Waals surface area contributed by atoms with Gasteiger partial charge in [-0.1, -0.05) is 19.6 Å². The average Bonchev–Trinajstić information content (AvgIpc) is 1.30. The zero-order valence-electron chi connectivity index (χ0n) is 5.29. The zero-order valence-corrected chi connectivity index (χ0v) is 7.05. The van der Waals surface area contributed by atoms with Crippen molar-refractivity contribution in [1.82, 2.24) is 0 Å². The summed E-state index contributed by atoms with van der Waals surface area (Å²) in [5, 5.41) is 0. The lowest BCUT2D eigenvalue weighted by Gasteiger charge is -2.11. The Morgan fingerprint density at radius 3 is 1.71 bits per heavy atom. The molecule has 0 fully saturated rings. The maximum atomic E-state index is 5.52. The third-order valence-electron chi connectivity index (χ3n) is 0.844. The molecule has 0 aliphatic heterocycles. The fourth-order valence-corrected chi connectivity index (χ4v) is 2.55. The van der Waals surface area contributed by atoms with Crippen LogP contribution in [-0.2, 0) is 0 Å². The summed E-state index contributed by atoms with van der Waals surface area (Å²) in [4.78, 5) is 0. The summed E-state index contributed by atoms with van der Waals surface area (Å²) in [6.07, 6.45) is 0. The highest BCUT2D eigenvalue weighted by atomic mass is 35.5. The number of hydrogen-bond donors (Lipinski definition) is 0. The second-order valence-corrected chi connectivity index (χ2v) is 9.00. The summed E-state index contributed by atoms with van der Waals surface area (Å²) in [5.74, 6) is 0.843. The van der Waals surface area contributed by atoms with Crippen LogP contribution in [0.25, 0.3) is 0 Å². The smallest absolute Gasteiger partial charge is 0.0454 e. The molecule has 0 unspecified atom stereocenters. The molecule has 44 valence electrons. The third kappa shape index (κ3) is 6.51. The minimum absolute atomic E-state index is 0.789. The van der Waals surface area contributed by atoms with Crippen LogP contribution in [0.15, 0.2) is 0 Å². The lowest BCUT2D eigenvalue weighted by atomic mass is 11.0.